The lowest BCUT2D eigenvalue weighted by Crippen LogP contribution is -2.11. The van der Waals surface area contributed by atoms with Crippen molar-refractivity contribution in [3.63, 3.8) is 0 Å². The first-order valence-electron chi connectivity index (χ1n) is 4.32. The molecule has 0 bridgehead atoms. The van der Waals surface area contributed by atoms with E-state index in [1.807, 2.05) is 0 Å². The van der Waals surface area contributed by atoms with E-state index >= 15 is 0 Å². The molecule has 5 heteroatoms. The van der Waals surface area contributed by atoms with Gasteiger partial charge in [-0.05, 0) is 12.1 Å². The minimum atomic E-state index is -0.776. The Kier molecular flexibility index (Phi) is 4.31. The van der Waals surface area contributed by atoms with E-state index in [0.717, 1.165) is 0 Å². The first-order chi connectivity index (χ1) is 6.74. The van der Waals surface area contributed by atoms with Crippen molar-refractivity contribution in [3.05, 3.63) is 24.0 Å². The zero-order valence-electron chi connectivity index (χ0n) is 7.76. The third-order valence-electron chi connectivity index (χ3n) is 1.66. The van der Waals surface area contributed by atoms with Gasteiger partial charge < -0.3 is 20.7 Å². The molecule has 0 fully saturated rings. The second kappa shape index (κ2) is 5.54. The van der Waals surface area contributed by atoms with Crippen molar-refractivity contribution in [1.29, 1.82) is 0 Å². The molecule has 0 saturated heterocycles. The number of rotatable bonds is 5. The Hall–Kier alpha value is -1.17. The monoisotopic (exact) mass is 198 g/mol. The smallest absolute Gasteiger partial charge is 0.119 e. The van der Waals surface area contributed by atoms with Gasteiger partial charge in [0, 0.05) is 0 Å². The van der Waals surface area contributed by atoms with Crippen molar-refractivity contribution in [2.75, 3.05) is 25.6 Å². The summed E-state index contributed by atoms with van der Waals surface area (Å²) in [6.45, 7) is 0.283. The Labute approximate surface area is 82.2 Å². The fourth-order valence-electron chi connectivity index (χ4n) is 0.959. The number of aromatic nitrogens is 1. The van der Waals surface area contributed by atoms with Gasteiger partial charge in [-0.1, -0.05) is 0 Å². The van der Waals surface area contributed by atoms with Crippen LogP contribution in [-0.2, 0) is 4.74 Å². The van der Waals surface area contributed by atoms with Crippen LogP contribution < -0.4 is 5.73 Å². The fourth-order valence-corrected chi connectivity index (χ4v) is 0.959. The van der Waals surface area contributed by atoms with Gasteiger partial charge in [0.05, 0.1) is 37.4 Å². The summed E-state index contributed by atoms with van der Waals surface area (Å²) in [7, 11) is 0. The molecule has 0 aromatic carbocycles. The molecule has 1 heterocycles. The second-order valence-electron chi connectivity index (χ2n) is 2.83. The van der Waals surface area contributed by atoms with Crippen molar-refractivity contribution in [2.45, 2.75) is 6.10 Å². The summed E-state index contributed by atoms with van der Waals surface area (Å²) in [5, 5.41) is 18.0. The molecule has 4 N–H and O–H groups in total. The summed E-state index contributed by atoms with van der Waals surface area (Å²) in [5.41, 5.74) is 6.50. The van der Waals surface area contributed by atoms with Crippen LogP contribution in [-0.4, -0.2) is 35.0 Å². The van der Waals surface area contributed by atoms with Gasteiger partial charge in [-0.3, -0.25) is 4.98 Å². The van der Waals surface area contributed by atoms with Crippen LogP contribution in [0.4, 0.5) is 5.69 Å². The van der Waals surface area contributed by atoms with E-state index in [9.17, 15) is 5.11 Å². The molecule has 78 valence electrons. The minimum Gasteiger partial charge on any atom is -0.397 e. The summed E-state index contributed by atoms with van der Waals surface area (Å²) < 4.78 is 4.96. The van der Waals surface area contributed by atoms with E-state index in [1.54, 1.807) is 12.1 Å². The summed E-state index contributed by atoms with van der Waals surface area (Å²) in [4.78, 5) is 3.94. The van der Waals surface area contributed by atoms with Crippen LogP contribution in [0, 0.1) is 0 Å². The Bertz CT molecular complexity index is 263. The standard InChI is InChI=1S/C9H14N2O3/c10-7-1-2-8(11-5-7)9(13)6-14-4-3-12/h1-2,5,9,12-13H,3-4,6,10H2. The average Bonchev–Trinajstić information content (AvgIpc) is 2.19. The number of hydrogen-bond acceptors (Lipinski definition) is 5. The number of nitrogens with zero attached hydrogens (tertiary/aromatic N) is 1. The summed E-state index contributed by atoms with van der Waals surface area (Å²) >= 11 is 0. The van der Waals surface area contributed by atoms with Gasteiger partial charge in [0.15, 0.2) is 0 Å². The highest BCUT2D eigenvalue weighted by molar-refractivity contribution is 5.34. The zero-order chi connectivity index (χ0) is 10.4. The number of anilines is 1. The summed E-state index contributed by atoms with van der Waals surface area (Å²) in [6, 6.07) is 3.31. The first kappa shape index (κ1) is 10.9. The van der Waals surface area contributed by atoms with Gasteiger partial charge in [0.2, 0.25) is 0 Å². The van der Waals surface area contributed by atoms with Crippen molar-refractivity contribution in [2.24, 2.45) is 0 Å². The number of nitrogen functional groups attached to an aromatic ring is 1. The Morgan fingerprint density at radius 3 is 2.86 bits per heavy atom. The molecule has 0 saturated carbocycles. The van der Waals surface area contributed by atoms with Crippen molar-refractivity contribution >= 4 is 5.69 Å². The van der Waals surface area contributed by atoms with Crippen LogP contribution in [0.1, 0.15) is 11.8 Å². The van der Waals surface area contributed by atoms with Crippen LogP contribution in [0.3, 0.4) is 0 Å². The lowest BCUT2D eigenvalue weighted by atomic mass is 10.2. The van der Waals surface area contributed by atoms with E-state index in [-0.39, 0.29) is 19.8 Å². The van der Waals surface area contributed by atoms with E-state index in [4.69, 9.17) is 15.6 Å². The number of aliphatic hydroxyl groups excluding tert-OH is 2. The van der Waals surface area contributed by atoms with E-state index < -0.39 is 6.10 Å². The number of pyridine rings is 1. The molecule has 1 rings (SSSR count). The minimum absolute atomic E-state index is 0.0537. The quantitative estimate of drug-likeness (QED) is 0.565. The summed E-state index contributed by atoms with van der Waals surface area (Å²) in [6.07, 6.45) is 0.701. The zero-order valence-corrected chi connectivity index (χ0v) is 7.76. The van der Waals surface area contributed by atoms with E-state index in [1.165, 1.54) is 6.20 Å². The van der Waals surface area contributed by atoms with Crippen molar-refractivity contribution < 1.29 is 14.9 Å². The van der Waals surface area contributed by atoms with E-state index in [2.05, 4.69) is 4.98 Å². The Morgan fingerprint density at radius 1 is 1.50 bits per heavy atom. The van der Waals surface area contributed by atoms with Crippen LogP contribution in [0.15, 0.2) is 18.3 Å². The number of aliphatic hydroxyl groups is 2. The molecule has 14 heavy (non-hydrogen) atoms. The highest BCUT2D eigenvalue weighted by atomic mass is 16.5. The number of ether oxygens (including phenoxy) is 1. The molecule has 0 aliphatic carbocycles. The van der Waals surface area contributed by atoms with Crippen LogP contribution in [0.25, 0.3) is 0 Å². The normalized spacial score (nSPS) is 12.7. The molecular formula is C9H14N2O3. The highest BCUT2D eigenvalue weighted by Gasteiger charge is 2.08. The fraction of sp³-hybridized carbons (Fsp3) is 0.444. The lowest BCUT2D eigenvalue weighted by molar-refractivity contribution is 0.0189. The number of hydrogen-bond donors (Lipinski definition) is 3. The van der Waals surface area contributed by atoms with E-state index in [0.29, 0.717) is 11.4 Å². The molecule has 1 aromatic rings. The third kappa shape index (κ3) is 3.29. The molecule has 0 aliphatic rings. The predicted molar refractivity (Wildman–Crippen MR) is 51.5 cm³/mol. The maximum absolute atomic E-state index is 9.53. The molecule has 1 aromatic heterocycles. The summed E-state index contributed by atoms with van der Waals surface area (Å²) in [5.74, 6) is 0. The molecule has 5 nitrogen and oxygen atoms in total. The Morgan fingerprint density at radius 2 is 2.29 bits per heavy atom. The van der Waals surface area contributed by atoms with Gasteiger partial charge >= 0.3 is 0 Å². The molecule has 1 atom stereocenters. The van der Waals surface area contributed by atoms with Gasteiger partial charge in [0.1, 0.15) is 6.10 Å². The number of nitrogens with two attached hydrogens (primary N) is 1. The predicted octanol–water partition coefficient (Wildman–Crippen LogP) is -0.294. The SMILES string of the molecule is Nc1ccc(C(O)COCCO)nc1. The van der Waals surface area contributed by atoms with Crippen LogP contribution in [0.2, 0.25) is 0 Å². The maximum Gasteiger partial charge on any atom is 0.119 e. The molecule has 0 spiro atoms. The molecule has 1 unspecified atom stereocenters. The lowest BCUT2D eigenvalue weighted by Gasteiger charge is -2.09. The third-order valence-corrected chi connectivity index (χ3v) is 1.66. The van der Waals surface area contributed by atoms with Gasteiger partial charge in [-0.15, -0.1) is 0 Å². The van der Waals surface area contributed by atoms with Crippen molar-refractivity contribution in [1.82, 2.24) is 4.98 Å². The van der Waals surface area contributed by atoms with Crippen LogP contribution in [0.5, 0.6) is 0 Å². The first-order valence-corrected chi connectivity index (χ1v) is 4.32. The van der Waals surface area contributed by atoms with Gasteiger partial charge in [0.25, 0.3) is 0 Å². The maximum atomic E-state index is 9.53. The topological polar surface area (TPSA) is 88.6 Å². The molecular weight excluding hydrogens is 184 g/mol. The van der Waals surface area contributed by atoms with Crippen LogP contribution >= 0.6 is 0 Å². The Balaban J connectivity index is 2.43. The molecule has 0 amide bonds. The largest absolute Gasteiger partial charge is 0.397 e. The van der Waals surface area contributed by atoms with Crippen molar-refractivity contribution in [3.8, 4) is 0 Å². The second-order valence-corrected chi connectivity index (χ2v) is 2.83. The van der Waals surface area contributed by atoms with Gasteiger partial charge in [-0.25, -0.2) is 0 Å². The molecule has 0 aliphatic heterocycles. The average molecular weight is 198 g/mol. The highest BCUT2D eigenvalue weighted by Crippen LogP contribution is 2.11. The molecule has 0 radical (unpaired) electrons. The van der Waals surface area contributed by atoms with Gasteiger partial charge in [-0.2, -0.15) is 0 Å².